The molecule has 38 heavy (non-hydrogen) atoms. The maximum absolute atomic E-state index is 13.9. The van der Waals surface area contributed by atoms with Crippen molar-refractivity contribution in [3.8, 4) is 0 Å². The number of sulfonamides is 1. The number of anilines is 1. The van der Waals surface area contributed by atoms with Crippen molar-refractivity contribution in [2.75, 3.05) is 17.4 Å². The number of benzene rings is 3. The Bertz CT molecular complexity index is 1360. The smallest absolute Gasteiger partial charge is 0.264 e. The van der Waals surface area contributed by atoms with Gasteiger partial charge in [-0.15, -0.1) is 0 Å². The van der Waals surface area contributed by atoms with Gasteiger partial charge in [-0.05, 0) is 79.9 Å². The van der Waals surface area contributed by atoms with E-state index in [0.717, 1.165) is 15.4 Å². The number of nitrogens with one attached hydrogen (secondary N) is 1. The van der Waals surface area contributed by atoms with E-state index < -0.39 is 28.5 Å². The van der Waals surface area contributed by atoms with Crippen LogP contribution in [0.25, 0.3) is 0 Å². The summed E-state index contributed by atoms with van der Waals surface area (Å²) in [7, 11) is -4.15. The van der Waals surface area contributed by atoms with E-state index in [1.807, 2.05) is 19.9 Å². The molecule has 10 heteroatoms. The summed E-state index contributed by atoms with van der Waals surface area (Å²) < 4.78 is 28.7. The lowest BCUT2D eigenvalue weighted by Gasteiger charge is -2.33. The zero-order valence-corrected chi connectivity index (χ0v) is 23.9. The van der Waals surface area contributed by atoms with Crippen LogP contribution in [0, 0.1) is 6.92 Å². The summed E-state index contributed by atoms with van der Waals surface area (Å²) in [4.78, 5) is 28.3. The third kappa shape index (κ3) is 7.28. The molecule has 0 bridgehead atoms. The van der Waals surface area contributed by atoms with Gasteiger partial charge in [-0.1, -0.05) is 54.4 Å². The highest BCUT2D eigenvalue weighted by molar-refractivity contribution is 7.92. The minimum absolute atomic E-state index is 0.00350. The van der Waals surface area contributed by atoms with Crippen molar-refractivity contribution in [3.05, 3.63) is 94.0 Å². The maximum atomic E-state index is 13.9. The quantitative estimate of drug-likeness (QED) is 0.330. The molecular weight excluding hydrogens is 545 g/mol. The number of carbonyl (C=O) groups is 2. The molecule has 0 heterocycles. The lowest BCUT2D eigenvalue weighted by atomic mass is 10.1. The molecule has 2 amide bonds. The van der Waals surface area contributed by atoms with Crippen molar-refractivity contribution in [3.63, 3.8) is 0 Å². The minimum Gasteiger partial charge on any atom is -0.355 e. The number of likely N-dealkylation sites (N-methyl/N-ethyl adjacent to an activating group) is 1. The number of aryl methyl sites for hydroxylation is 1. The first-order valence-electron chi connectivity index (χ1n) is 12.2. The van der Waals surface area contributed by atoms with Gasteiger partial charge in [0.1, 0.15) is 12.6 Å². The highest BCUT2D eigenvalue weighted by Gasteiger charge is 2.33. The third-order valence-corrected chi connectivity index (χ3v) is 8.27. The molecule has 3 aromatic rings. The molecule has 1 N–H and O–H groups in total. The number of halogens is 2. The van der Waals surface area contributed by atoms with Gasteiger partial charge in [0.05, 0.1) is 10.6 Å². The van der Waals surface area contributed by atoms with Crippen molar-refractivity contribution in [2.24, 2.45) is 0 Å². The molecule has 0 aliphatic heterocycles. The molecule has 7 nitrogen and oxygen atoms in total. The normalized spacial score (nSPS) is 12.0. The Hall–Kier alpha value is -3.07. The van der Waals surface area contributed by atoms with Crippen molar-refractivity contribution in [1.29, 1.82) is 0 Å². The molecule has 0 radical (unpaired) electrons. The van der Waals surface area contributed by atoms with Crippen LogP contribution in [0.15, 0.2) is 77.7 Å². The van der Waals surface area contributed by atoms with Crippen LogP contribution < -0.4 is 9.62 Å². The Morgan fingerprint density at radius 3 is 2.08 bits per heavy atom. The van der Waals surface area contributed by atoms with Gasteiger partial charge < -0.3 is 10.2 Å². The molecule has 1 atom stereocenters. The van der Waals surface area contributed by atoms with Crippen molar-refractivity contribution < 1.29 is 18.0 Å². The van der Waals surface area contributed by atoms with E-state index in [9.17, 15) is 18.0 Å². The predicted molar refractivity (Wildman–Crippen MR) is 152 cm³/mol. The molecule has 3 aromatic carbocycles. The Labute approximate surface area is 234 Å². The SMILES string of the molecule is CCNC(=O)[C@@H](CC)N(Cc1ccc(Cl)cc1)C(=O)CN(c1cccc(C)c1)S(=O)(=O)c1ccc(Cl)cc1. The molecule has 0 saturated heterocycles. The summed E-state index contributed by atoms with van der Waals surface area (Å²) in [6.07, 6.45) is 0.347. The van der Waals surface area contributed by atoms with Crippen LogP contribution in [0.3, 0.4) is 0 Å². The molecule has 0 unspecified atom stereocenters. The van der Waals surface area contributed by atoms with Gasteiger partial charge in [0, 0.05) is 23.1 Å². The van der Waals surface area contributed by atoms with E-state index in [-0.39, 0.29) is 17.3 Å². The van der Waals surface area contributed by atoms with Crippen molar-refractivity contribution in [2.45, 2.75) is 44.7 Å². The first-order chi connectivity index (χ1) is 18.1. The van der Waals surface area contributed by atoms with Crippen LogP contribution in [0.5, 0.6) is 0 Å². The molecule has 0 saturated carbocycles. The molecule has 0 aliphatic rings. The summed E-state index contributed by atoms with van der Waals surface area (Å²) in [5, 5.41) is 3.72. The molecule has 3 rings (SSSR count). The van der Waals surface area contributed by atoms with Crippen LogP contribution in [-0.4, -0.2) is 44.3 Å². The van der Waals surface area contributed by atoms with Gasteiger partial charge in [-0.25, -0.2) is 8.42 Å². The van der Waals surface area contributed by atoms with E-state index in [1.54, 1.807) is 49.4 Å². The second kappa shape index (κ2) is 13.1. The largest absolute Gasteiger partial charge is 0.355 e. The zero-order valence-electron chi connectivity index (χ0n) is 21.5. The first kappa shape index (κ1) is 29.5. The summed E-state index contributed by atoms with van der Waals surface area (Å²) in [5.41, 5.74) is 1.93. The lowest BCUT2D eigenvalue weighted by molar-refractivity contribution is -0.140. The molecule has 0 aliphatic carbocycles. The van der Waals surface area contributed by atoms with E-state index in [0.29, 0.717) is 28.7 Å². The molecule has 202 valence electrons. The Kier molecular flexibility index (Phi) is 10.2. The third-order valence-electron chi connectivity index (χ3n) is 5.97. The number of hydrogen-bond acceptors (Lipinski definition) is 4. The number of amides is 2. The fourth-order valence-electron chi connectivity index (χ4n) is 4.04. The van der Waals surface area contributed by atoms with Gasteiger partial charge in [0.25, 0.3) is 10.0 Å². The van der Waals surface area contributed by atoms with E-state index in [4.69, 9.17) is 23.2 Å². The Balaban J connectivity index is 2.05. The van der Waals surface area contributed by atoms with Gasteiger partial charge in [-0.2, -0.15) is 0 Å². The van der Waals surface area contributed by atoms with E-state index in [1.165, 1.54) is 29.2 Å². The predicted octanol–water partition coefficient (Wildman–Crippen LogP) is 5.44. The van der Waals surface area contributed by atoms with Crippen LogP contribution in [-0.2, 0) is 26.2 Å². The van der Waals surface area contributed by atoms with Crippen molar-refractivity contribution >= 4 is 50.7 Å². The van der Waals surface area contributed by atoms with Gasteiger partial charge >= 0.3 is 0 Å². The molecule has 0 fully saturated rings. The second-order valence-corrected chi connectivity index (χ2v) is 11.5. The van der Waals surface area contributed by atoms with Gasteiger partial charge in [-0.3, -0.25) is 13.9 Å². The maximum Gasteiger partial charge on any atom is 0.264 e. The Morgan fingerprint density at radius 2 is 1.53 bits per heavy atom. The average molecular weight is 577 g/mol. The zero-order chi connectivity index (χ0) is 27.9. The topological polar surface area (TPSA) is 86.8 Å². The highest BCUT2D eigenvalue weighted by atomic mass is 35.5. The van der Waals surface area contributed by atoms with Gasteiger partial charge in [0.2, 0.25) is 11.8 Å². The van der Waals surface area contributed by atoms with Crippen LogP contribution >= 0.6 is 23.2 Å². The summed E-state index contributed by atoms with van der Waals surface area (Å²) in [6.45, 7) is 5.46. The molecule has 0 spiro atoms. The summed E-state index contributed by atoms with van der Waals surface area (Å²) in [5.74, 6) is -0.822. The average Bonchev–Trinajstić information content (AvgIpc) is 2.88. The van der Waals surface area contributed by atoms with E-state index >= 15 is 0 Å². The number of rotatable bonds is 11. The molecular formula is C28H31Cl2N3O4S. The number of hydrogen-bond donors (Lipinski definition) is 1. The summed E-state index contributed by atoms with van der Waals surface area (Å²) in [6, 6.07) is 18.8. The number of carbonyl (C=O) groups excluding carboxylic acids is 2. The minimum atomic E-state index is -4.15. The second-order valence-electron chi connectivity index (χ2n) is 8.77. The summed E-state index contributed by atoms with van der Waals surface area (Å²) >= 11 is 12.0. The van der Waals surface area contributed by atoms with Crippen LogP contribution in [0.4, 0.5) is 5.69 Å². The van der Waals surface area contributed by atoms with Crippen molar-refractivity contribution in [1.82, 2.24) is 10.2 Å². The van der Waals surface area contributed by atoms with Crippen LogP contribution in [0.2, 0.25) is 10.0 Å². The fraction of sp³-hybridized carbons (Fsp3) is 0.286. The van der Waals surface area contributed by atoms with E-state index in [2.05, 4.69) is 5.32 Å². The fourth-order valence-corrected chi connectivity index (χ4v) is 5.70. The number of nitrogens with zero attached hydrogens (tertiary/aromatic N) is 2. The molecule has 0 aromatic heterocycles. The highest BCUT2D eigenvalue weighted by Crippen LogP contribution is 2.26. The first-order valence-corrected chi connectivity index (χ1v) is 14.4. The lowest BCUT2D eigenvalue weighted by Crippen LogP contribution is -2.52. The Morgan fingerprint density at radius 1 is 0.921 bits per heavy atom. The monoisotopic (exact) mass is 575 g/mol. The standard InChI is InChI=1S/C28H31Cl2N3O4S/c1-4-26(28(35)31-5-2)32(18-21-9-11-22(29)12-10-21)27(34)19-33(24-8-6-7-20(3)17-24)38(36,37)25-15-13-23(30)14-16-25/h6-17,26H,4-5,18-19H2,1-3H3,(H,31,35)/t26-/m1/s1. The van der Waals surface area contributed by atoms with Crippen LogP contribution in [0.1, 0.15) is 31.4 Å². The van der Waals surface area contributed by atoms with Gasteiger partial charge in [0.15, 0.2) is 0 Å².